The van der Waals surface area contributed by atoms with E-state index in [2.05, 4.69) is 59.5 Å². The van der Waals surface area contributed by atoms with Gasteiger partial charge in [0.25, 0.3) is 0 Å². The molecule has 2 heterocycles. The van der Waals surface area contributed by atoms with Gasteiger partial charge in [0.15, 0.2) is 0 Å². The molecule has 1 aromatic carbocycles. The summed E-state index contributed by atoms with van der Waals surface area (Å²) in [5.41, 5.74) is 2.20. The van der Waals surface area contributed by atoms with Crippen LogP contribution in [-0.4, -0.2) is 30.6 Å². The first kappa shape index (κ1) is 19.2. The molecule has 0 bridgehead atoms. The highest BCUT2D eigenvalue weighted by Gasteiger charge is 2.20. The number of hydrogen-bond acceptors (Lipinski definition) is 3. The predicted molar refractivity (Wildman–Crippen MR) is 111 cm³/mol. The Balaban J connectivity index is 1.41. The molecule has 1 saturated heterocycles. The third kappa shape index (κ3) is 5.46. The first-order valence-electron chi connectivity index (χ1n) is 9.73. The maximum Gasteiger partial charge on any atom is 0.319 e. The number of anilines is 2. The van der Waals surface area contributed by atoms with Crippen molar-refractivity contribution >= 4 is 17.5 Å². The molecule has 2 amide bonds. The average Bonchev–Trinajstić information content (AvgIpc) is 2.67. The van der Waals surface area contributed by atoms with Crippen LogP contribution in [0.5, 0.6) is 0 Å². The van der Waals surface area contributed by atoms with Gasteiger partial charge in [-0.05, 0) is 54.0 Å². The summed E-state index contributed by atoms with van der Waals surface area (Å²) < 4.78 is 0. The van der Waals surface area contributed by atoms with Crippen molar-refractivity contribution in [3.63, 3.8) is 0 Å². The van der Waals surface area contributed by atoms with Gasteiger partial charge in [-0.15, -0.1) is 0 Å². The second-order valence-electron chi connectivity index (χ2n) is 8.28. The van der Waals surface area contributed by atoms with E-state index < -0.39 is 0 Å². The molecule has 5 nitrogen and oxygen atoms in total. The highest BCUT2D eigenvalue weighted by atomic mass is 16.2. The van der Waals surface area contributed by atoms with E-state index in [1.807, 2.05) is 30.5 Å². The van der Waals surface area contributed by atoms with Crippen LogP contribution >= 0.6 is 0 Å². The van der Waals surface area contributed by atoms with Gasteiger partial charge in [-0.25, -0.2) is 9.78 Å². The molecular formula is C22H30N4O. The number of hydrogen-bond donors (Lipinski definition) is 2. The maximum atomic E-state index is 12.2. The van der Waals surface area contributed by atoms with Crippen LogP contribution < -0.4 is 15.5 Å². The number of carbonyl (C=O) groups excluding carboxylic acids is 1. The lowest BCUT2D eigenvalue weighted by atomic mass is 9.87. The smallest absolute Gasteiger partial charge is 0.319 e. The molecular weight excluding hydrogens is 336 g/mol. The SMILES string of the molecule is CC(C)(C)c1ccc(NC(=O)NCC2CCN(c3ccccn3)CC2)cc1. The minimum atomic E-state index is -0.134. The molecule has 1 aliphatic rings. The molecule has 0 spiro atoms. The number of amides is 2. The van der Waals surface area contributed by atoms with E-state index in [-0.39, 0.29) is 11.4 Å². The fraction of sp³-hybridized carbons (Fsp3) is 0.455. The van der Waals surface area contributed by atoms with Crippen molar-refractivity contribution in [1.29, 1.82) is 0 Å². The summed E-state index contributed by atoms with van der Waals surface area (Å²) in [6, 6.07) is 14.0. The van der Waals surface area contributed by atoms with Gasteiger partial charge < -0.3 is 15.5 Å². The molecule has 0 radical (unpaired) electrons. The second kappa shape index (κ2) is 8.42. The van der Waals surface area contributed by atoms with Crippen molar-refractivity contribution in [3.8, 4) is 0 Å². The molecule has 0 unspecified atom stereocenters. The van der Waals surface area contributed by atoms with Crippen LogP contribution in [0.25, 0.3) is 0 Å². The molecule has 27 heavy (non-hydrogen) atoms. The molecule has 2 aromatic rings. The zero-order chi connectivity index (χ0) is 19.3. The molecule has 3 rings (SSSR count). The van der Waals surface area contributed by atoms with Gasteiger partial charge in [0, 0.05) is 31.5 Å². The average molecular weight is 367 g/mol. The first-order valence-corrected chi connectivity index (χ1v) is 9.73. The lowest BCUT2D eigenvalue weighted by Gasteiger charge is -2.32. The van der Waals surface area contributed by atoms with Crippen molar-refractivity contribution in [2.75, 3.05) is 29.9 Å². The lowest BCUT2D eigenvalue weighted by molar-refractivity contribution is 0.248. The molecule has 0 saturated carbocycles. The van der Waals surface area contributed by atoms with E-state index in [4.69, 9.17) is 0 Å². The van der Waals surface area contributed by atoms with E-state index in [0.717, 1.165) is 37.4 Å². The zero-order valence-corrected chi connectivity index (χ0v) is 16.5. The topological polar surface area (TPSA) is 57.3 Å². The van der Waals surface area contributed by atoms with Crippen molar-refractivity contribution in [2.24, 2.45) is 5.92 Å². The lowest BCUT2D eigenvalue weighted by Crippen LogP contribution is -2.40. The van der Waals surface area contributed by atoms with E-state index in [9.17, 15) is 4.79 Å². The number of nitrogens with one attached hydrogen (secondary N) is 2. The fourth-order valence-electron chi connectivity index (χ4n) is 3.37. The Kier molecular flexibility index (Phi) is 5.99. The van der Waals surface area contributed by atoms with Crippen LogP contribution in [0.4, 0.5) is 16.3 Å². The normalized spacial score (nSPS) is 15.4. The second-order valence-corrected chi connectivity index (χ2v) is 8.28. The maximum absolute atomic E-state index is 12.2. The van der Waals surface area contributed by atoms with Crippen molar-refractivity contribution in [1.82, 2.24) is 10.3 Å². The summed E-state index contributed by atoms with van der Waals surface area (Å²) in [5, 5.41) is 5.94. The monoisotopic (exact) mass is 366 g/mol. The van der Waals surface area contributed by atoms with Crippen LogP contribution in [0, 0.1) is 5.92 Å². The van der Waals surface area contributed by atoms with Crippen LogP contribution in [0.1, 0.15) is 39.2 Å². The van der Waals surface area contributed by atoms with Gasteiger partial charge in [-0.1, -0.05) is 39.0 Å². The first-order chi connectivity index (χ1) is 12.9. The van der Waals surface area contributed by atoms with E-state index in [0.29, 0.717) is 12.5 Å². The summed E-state index contributed by atoms with van der Waals surface area (Å²) in [5.74, 6) is 1.55. The third-order valence-corrected chi connectivity index (χ3v) is 5.15. The number of carbonyl (C=O) groups is 1. The van der Waals surface area contributed by atoms with Gasteiger partial charge in [-0.3, -0.25) is 0 Å². The highest BCUT2D eigenvalue weighted by molar-refractivity contribution is 5.89. The summed E-state index contributed by atoms with van der Waals surface area (Å²) in [6.07, 6.45) is 3.97. The molecule has 0 atom stereocenters. The van der Waals surface area contributed by atoms with E-state index in [1.165, 1.54) is 5.56 Å². The van der Waals surface area contributed by atoms with Crippen molar-refractivity contribution in [2.45, 2.75) is 39.0 Å². The van der Waals surface area contributed by atoms with Gasteiger partial charge in [0.1, 0.15) is 5.82 Å². The molecule has 1 fully saturated rings. The Bertz CT molecular complexity index is 729. The Labute approximate surface area is 162 Å². The van der Waals surface area contributed by atoms with Crippen LogP contribution in [0.15, 0.2) is 48.7 Å². The summed E-state index contributed by atoms with van der Waals surface area (Å²) in [4.78, 5) is 18.9. The number of aromatic nitrogens is 1. The van der Waals surface area contributed by atoms with Gasteiger partial charge >= 0.3 is 6.03 Å². The minimum Gasteiger partial charge on any atom is -0.357 e. The number of pyridine rings is 1. The molecule has 0 aliphatic carbocycles. The van der Waals surface area contributed by atoms with Gasteiger partial charge in [0.2, 0.25) is 0 Å². The zero-order valence-electron chi connectivity index (χ0n) is 16.5. The highest BCUT2D eigenvalue weighted by Crippen LogP contribution is 2.24. The third-order valence-electron chi connectivity index (χ3n) is 5.15. The Morgan fingerprint density at radius 2 is 1.81 bits per heavy atom. The summed E-state index contributed by atoms with van der Waals surface area (Å²) in [6.45, 7) is 9.23. The van der Waals surface area contributed by atoms with Crippen LogP contribution in [-0.2, 0) is 5.41 Å². The van der Waals surface area contributed by atoms with Gasteiger partial charge in [0.05, 0.1) is 0 Å². The number of urea groups is 1. The number of piperidine rings is 1. The minimum absolute atomic E-state index is 0.116. The predicted octanol–water partition coefficient (Wildman–Crippen LogP) is 4.42. The van der Waals surface area contributed by atoms with Crippen LogP contribution in [0.3, 0.4) is 0 Å². The number of benzene rings is 1. The van der Waals surface area contributed by atoms with E-state index in [1.54, 1.807) is 0 Å². The standard InChI is InChI=1S/C22H30N4O/c1-22(2,3)18-7-9-19(10-8-18)25-21(27)24-16-17-11-14-26(15-12-17)20-6-4-5-13-23-20/h4-10,13,17H,11-12,14-16H2,1-3H3,(H2,24,25,27). The number of nitrogens with zero attached hydrogens (tertiary/aromatic N) is 2. The van der Waals surface area contributed by atoms with Crippen LogP contribution in [0.2, 0.25) is 0 Å². The summed E-state index contributed by atoms with van der Waals surface area (Å²) in [7, 11) is 0. The molecule has 1 aromatic heterocycles. The molecule has 1 aliphatic heterocycles. The fourth-order valence-corrected chi connectivity index (χ4v) is 3.37. The molecule has 144 valence electrons. The quantitative estimate of drug-likeness (QED) is 0.842. The Hall–Kier alpha value is -2.56. The van der Waals surface area contributed by atoms with Crippen molar-refractivity contribution in [3.05, 3.63) is 54.2 Å². The van der Waals surface area contributed by atoms with Crippen molar-refractivity contribution < 1.29 is 4.79 Å². The largest absolute Gasteiger partial charge is 0.357 e. The molecule has 5 heteroatoms. The van der Waals surface area contributed by atoms with E-state index >= 15 is 0 Å². The number of rotatable bonds is 4. The summed E-state index contributed by atoms with van der Waals surface area (Å²) >= 11 is 0. The molecule has 2 N–H and O–H groups in total. The Morgan fingerprint density at radius 3 is 2.41 bits per heavy atom. The Morgan fingerprint density at radius 1 is 1.11 bits per heavy atom. The van der Waals surface area contributed by atoms with Gasteiger partial charge in [-0.2, -0.15) is 0 Å².